The number of aromatic nitrogens is 3. The molecule has 1 saturated heterocycles. The molecule has 0 atom stereocenters. The van der Waals surface area contributed by atoms with Crippen molar-refractivity contribution in [2.45, 2.75) is 25.9 Å². The van der Waals surface area contributed by atoms with Gasteiger partial charge in [0.25, 0.3) is 11.9 Å². The second-order valence-corrected chi connectivity index (χ2v) is 6.81. The van der Waals surface area contributed by atoms with Gasteiger partial charge in [0, 0.05) is 20.1 Å². The normalized spacial score (nSPS) is 14.2. The number of hydrogen-bond donors (Lipinski definition) is 1. The minimum Gasteiger partial charge on any atom is -0.432 e. The van der Waals surface area contributed by atoms with Crippen molar-refractivity contribution in [2.75, 3.05) is 23.3 Å². The lowest BCUT2D eigenvalue weighted by Crippen LogP contribution is -2.29. The molecule has 0 unspecified atom stereocenters. The monoisotopic (exact) mass is 416 g/mol. The number of nitrogens with zero attached hydrogens (tertiary/aromatic N) is 5. The molecular formula is C19H18F2N6O3. The number of oxazole rings is 1. The zero-order valence-corrected chi connectivity index (χ0v) is 16.1. The van der Waals surface area contributed by atoms with Gasteiger partial charge in [-0.25, -0.2) is 0 Å². The predicted octanol–water partition coefficient (Wildman–Crippen LogP) is 3.28. The van der Waals surface area contributed by atoms with Crippen LogP contribution >= 0.6 is 0 Å². The number of fused-ring (bicyclic) bond motifs is 1. The van der Waals surface area contributed by atoms with Crippen molar-refractivity contribution < 1.29 is 22.7 Å². The summed E-state index contributed by atoms with van der Waals surface area (Å²) in [4.78, 5) is 19.2. The van der Waals surface area contributed by atoms with E-state index in [4.69, 9.17) is 4.42 Å². The molecule has 0 spiro atoms. The second kappa shape index (κ2) is 7.98. The van der Waals surface area contributed by atoms with Crippen molar-refractivity contribution >= 4 is 28.8 Å². The molecule has 1 amide bonds. The van der Waals surface area contributed by atoms with E-state index in [0.717, 1.165) is 32.4 Å². The van der Waals surface area contributed by atoms with Gasteiger partial charge in [0.2, 0.25) is 0 Å². The van der Waals surface area contributed by atoms with Crippen LogP contribution in [0.2, 0.25) is 0 Å². The molecule has 1 N–H and O–H groups in total. The highest BCUT2D eigenvalue weighted by atomic mass is 19.3. The number of rotatable bonds is 5. The van der Waals surface area contributed by atoms with Gasteiger partial charge in [-0.15, -0.1) is 0 Å². The molecule has 0 bridgehead atoms. The third-order valence-electron chi connectivity index (χ3n) is 4.87. The molecule has 1 fully saturated rings. The third kappa shape index (κ3) is 3.63. The summed E-state index contributed by atoms with van der Waals surface area (Å²) in [5, 5.41) is 15.7. The second-order valence-electron chi connectivity index (χ2n) is 6.81. The van der Waals surface area contributed by atoms with Gasteiger partial charge in [-0.05, 0) is 31.4 Å². The van der Waals surface area contributed by atoms with Crippen LogP contribution in [0.4, 0.5) is 20.6 Å². The Morgan fingerprint density at radius 2 is 2.10 bits per heavy atom. The van der Waals surface area contributed by atoms with Crippen molar-refractivity contribution in [3.8, 4) is 11.8 Å². The smallest absolute Gasteiger partial charge is 0.387 e. The number of carbonyl (C=O) groups excluding carboxylic acids is 1. The average Bonchev–Trinajstić information content (AvgIpc) is 3.33. The number of hydrogen-bond acceptors (Lipinski definition) is 7. The van der Waals surface area contributed by atoms with Crippen LogP contribution < -0.4 is 15.0 Å². The first-order valence-electron chi connectivity index (χ1n) is 9.34. The molecule has 0 saturated carbocycles. The molecule has 30 heavy (non-hydrogen) atoms. The Labute approximate surface area is 169 Å². The van der Waals surface area contributed by atoms with Crippen LogP contribution in [0.5, 0.6) is 5.75 Å². The van der Waals surface area contributed by atoms with Gasteiger partial charge in [-0.2, -0.15) is 24.1 Å². The summed E-state index contributed by atoms with van der Waals surface area (Å²) in [5.74, 6) is -0.564. The first kappa shape index (κ1) is 19.6. The van der Waals surface area contributed by atoms with Crippen LogP contribution in [0.1, 0.15) is 35.2 Å². The van der Waals surface area contributed by atoms with Crippen molar-refractivity contribution in [3.63, 3.8) is 0 Å². The van der Waals surface area contributed by atoms with E-state index in [1.807, 2.05) is 11.0 Å². The molecule has 4 rings (SSSR count). The Kier molecular flexibility index (Phi) is 5.22. The number of halogens is 2. The highest BCUT2D eigenvalue weighted by molar-refractivity contribution is 6.12. The molecule has 9 nitrogen and oxygen atoms in total. The molecule has 3 aromatic rings. The maximum atomic E-state index is 12.9. The van der Waals surface area contributed by atoms with Crippen molar-refractivity contribution in [1.82, 2.24) is 14.8 Å². The topological polar surface area (TPSA) is 109 Å². The van der Waals surface area contributed by atoms with Gasteiger partial charge < -0.3 is 19.4 Å². The van der Waals surface area contributed by atoms with Crippen LogP contribution in [0, 0.1) is 11.3 Å². The zero-order valence-electron chi connectivity index (χ0n) is 16.1. The number of aryl methyl sites for hydroxylation is 1. The molecule has 156 valence electrons. The van der Waals surface area contributed by atoms with Gasteiger partial charge in [0.05, 0.1) is 11.8 Å². The number of alkyl halides is 2. The van der Waals surface area contributed by atoms with E-state index in [9.17, 15) is 18.8 Å². The fourth-order valence-corrected chi connectivity index (χ4v) is 3.40. The SMILES string of the molecule is Cn1ncc(C#N)c1NC(=O)c1ccc(OC(F)F)c2nc(N3CCCCC3)oc12. The number of anilines is 2. The lowest BCUT2D eigenvalue weighted by molar-refractivity contribution is -0.0489. The van der Waals surface area contributed by atoms with Gasteiger partial charge >= 0.3 is 6.61 Å². The number of nitrogens with one attached hydrogen (secondary N) is 1. The van der Waals surface area contributed by atoms with E-state index in [2.05, 4.69) is 20.1 Å². The zero-order chi connectivity index (χ0) is 21.3. The summed E-state index contributed by atoms with van der Waals surface area (Å²) < 4.78 is 37.4. The number of benzene rings is 1. The van der Waals surface area contributed by atoms with Crippen LogP contribution in [0.15, 0.2) is 22.7 Å². The Bertz CT molecular complexity index is 1130. The van der Waals surface area contributed by atoms with Crippen molar-refractivity contribution in [1.29, 1.82) is 5.26 Å². The number of piperidine rings is 1. The first-order valence-corrected chi connectivity index (χ1v) is 9.34. The van der Waals surface area contributed by atoms with E-state index in [1.165, 1.54) is 23.0 Å². The van der Waals surface area contributed by atoms with E-state index >= 15 is 0 Å². The van der Waals surface area contributed by atoms with Gasteiger partial charge in [0.15, 0.2) is 16.8 Å². The van der Waals surface area contributed by atoms with E-state index in [1.54, 1.807) is 7.05 Å². The molecule has 1 aliphatic heterocycles. The van der Waals surface area contributed by atoms with Gasteiger partial charge in [-0.3, -0.25) is 9.48 Å². The van der Waals surface area contributed by atoms with E-state index < -0.39 is 12.5 Å². The standard InChI is InChI=1S/C19H18F2N6O3/c1-26-16(11(9-22)10-23-26)25-17(28)12-5-6-13(29-18(20)21)14-15(12)30-19(24-14)27-7-3-2-4-8-27/h5-6,10,18H,2-4,7-8H2,1H3,(H,25,28). The predicted molar refractivity (Wildman–Crippen MR) is 103 cm³/mol. The van der Waals surface area contributed by atoms with Crippen LogP contribution in [0.25, 0.3) is 11.1 Å². The van der Waals surface area contributed by atoms with Gasteiger partial charge in [-0.1, -0.05) is 0 Å². The van der Waals surface area contributed by atoms with E-state index in [0.29, 0.717) is 0 Å². The first-order chi connectivity index (χ1) is 14.5. The third-order valence-corrected chi connectivity index (χ3v) is 4.87. The Morgan fingerprint density at radius 3 is 2.80 bits per heavy atom. The number of carbonyl (C=O) groups is 1. The highest BCUT2D eigenvalue weighted by Crippen LogP contribution is 2.34. The molecule has 0 radical (unpaired) electrons. The summed E-state index contributed by atoms with van der Waals surface area (Å²) in [6.07, 6.45) is 4.34. The molecule has 1 aliphatic rings. The molecule has 3 heterocycles. The molecule has 0 aliphatic carbocycles. The molecular weight excluding hydrogens is 398 g/mol. The summed E-state index contributed by atoms with van der Waals surface area (Å²) in [6.45, 7) is -1.60. The maximum Gasteiger partial charge on any atom is 0.387 e. The number of nitriles is 1. The van der Waals surface area contributed by atoms with Crippen LogP contribution in [-0.2, 0) is 7.05 Å². The number of amides is 1. The fourth-order valence-electron chi connectivity index (χ4n) is 3.40. The minimum absolute atomic E-state index is 0.0342. The Morgan fingerprint density at radius 1 is 1.33 bits per heavy atom. The maximum absolute atomic E-state index is 12.9. The van der Waals surface area contributed by atoms with E-state index in [-0.39, 0.29) is 39.8 Å². The Balaban J connectivity index is 1.75. The summed E-state index contributed by atoms with van der Waals surface area (Å²) in [5.41, 5.74) is 0.333. The summed E-state index contributed by atoms with van der Waals surface area (Å²) in [6, 6.07) is 4.77. The average molecular weight is 416 g/mol. The van der Waals surface area contributed by atoms with Crippen molar-refractivity contribution in [2.24, 2.45) is 7.05 Å². The van der Waals surface area contributed by atoms with Crippen LogP contribution in [-0.4, -0.2) is 40.4 Å². The highest BCUT2D eigenvalue weighted by Gasteiger charge is 2.25. The van der Waals surface area contributed by atoms with Crippen molar-refractivity contribution in [3.05, 3.63) is 29.5 Å². The molecule has 1 aromatic carbocycles. The largest absolute Gasteiger partial charge is 0.432 e. The van der Waals surface area contributed by atoms with Crippen LogP contribution in [0.3, 0.4) is 0 Å². The quantitative estimate of drug-likeness (QED) is 0.680. The van der Waals surface area contributed by atoms with Gasteiger partial charge in [0.1, 0.15) is 17.5 Å². The lowest BCUT2D eigenvalue weighted by Gasteiger charge is -2.24. The number of ether oxygens (including phenoxy) is 1. The lowest BCUT2D eigenvalue weighted by atomic mass is 10.1. The fraction of sp³-hybridized carbons (Fsp3) is 0.368. The summed E-state index contributed by atoms with van der Waals surface area (Å²) >= 11 is 0. The minimum atomic E-state index is -3.05. The molecule has 2 aromatic heterocycles. The summed E-state index contributed by atoms with van der Waals surface area (Å²) in [7, 11) is 1.58. The Hall–Kier alpha value is -3.68. The molecule has 11 heteroatoms.